The zero-order valence-electron chi connectivity index (χ0n) is 19.2. The molecule has 0 aliphatic carbocycles. The summed E-state index contributed by atoms with van der Waals surface area (Å²) < 4.78 is 12.1. The Labute approximate surface area is 193 Å². The standard InChI is InChI=1S/C25H27BN2O5/c1-24(2)25(3,4)33-26(32-24)18-12-9-16(10-13-18)15-21(23(30)31)28-22(29)20-14-11-17-7-5-6-8-19(17)27-20/h5-14,21H,15H2,1-4H3,(H,28,29)(H,30,31)/t21-/m1/s1. The molecule has 8 heteroatoms. The van der Waals surface area contributed by atoms with E-state index in [9.17, 15) is 14.7 Å². The smallest absolute Gasteiger partial charge is 0.480 e. The van der Waals surface area contributed by atoms with Crippen molar-refractivity contribution in [2.24, 2.45) is 0 Å². The number of carbonyl (C=O) groups is 2. The predicted octanol–water partition coefficient (Wildman–Crippen LogP) is 2.96. The van der Waals surface area contributed by atoms with Crippen LogP contribution in [-0.4, -0.2) is 46.3 Å². The summed E-state index contributed by atoms with van der Waals surface area (Å²) in [5.41, 5.74) is 1.60. The van der Waals surface area contributed by atoms with Gasteiger partial charge in [-0.3, -0.25) is 4.79 Å². The molecule has 0 unspecified atom stereocenters. The van der Waals surface area contributed by atoms with Crippen LogP contribution in [0.4, 0.5) is 0 Å². The predicted molar refractivity (Wildman–Crippen MR) is 126 cm³/mol. The summed E-state index contributed by atoms with van der Waals surface area (Å²) in [7, 11) is -0.488. The zero-order valence-corrected chi connectivity index (χ0v) is 19.2. The lowest BCUT2D eigenvalue weighted by molar-refractivity contribution is -0.139. The Morgan fingerprint density at radius 1 is 0.970 bits per heavy atom. The topological polar surface area (TPSA) is 97.8 Å². The summed E-state index contributed by atoms with van der Waals surface area (Å²) in [6.45, 7) is 7.97. The van der Waals surface area contributed by atoms with E-state index in [1.165, 1.54) is 0 Å². The van der Waals surface area contributed by atoms with Crippen LogP contribution in [0.3, 0.4) is 0 Å². The zero-order chi connectivity index (χ0) is 23.8. The highest BCUT2D eigenvalue weighted by atomic mass is 16.7. The maximum absolute atomic E-state index is 12.7. The molecule has 2 N–H and O–H groups in total. The SMILES string of the molecule is CC1(C)OB(c2ccc(C[C@@H](NC(=O)c3ccc4ccccc4n3)C(=O)O)cc2)OC1(C)C. The number of aliphatic carboxylic acids is 1. The fourth-order valence-electron chi connectivity index (χ4n) is 3.65. The van der Waals surface area contributed by atoms with Gasteiger partial charge < -0.3 is 19.7 Å². The van der Waals surface area contributed by atoms with Gasteiger partial charge in [-0.25, -0.2) is 9.78 Å². The number of carbonyl (C=O) groups excluding carboxylic acids is 1. The van der Waals surface area contributed by atoms with Gasteiger partial charge in [-0.1, -0.05) is 48.5 Å². The van der Waals surface area contributed by atoms with Crippen LogP contribution in [0.2, 0.25) is 0 Å². The van der Waals surface area contributed by atoms with Crippen LogP contribution in [0, 0.1) is 0 Å². The van der Waals surface area contributed by atoms with Crippen molar-refractivity contribution < 1.29 is 24.0 Å². The van der Waals surface area contributed by atoms with E-state index in [1.807, 2.05) is 76.2 Å². The quantitative estimate of drug-likeness (QED) is 0.566. The first-order valence-corrected chi connectivity index (χ1v) is 10.9. The molecule has 1 saturated heterocycles. The summed E-state index contributed by atoms with van der Waals surface area (Å²) in [6.07, 6.45) is 0.137. The molecule has 170 valence electrons. The van der Waals surface area contributed by atoms with Crippen LogP contribution >= 0.6 is 0 Å². The molecule has 33 heavy (non-hydrogen) atoms. The van der Waals surface area contributed by atoms with Crippen LogP contribution in [0.1, 0.15) is 43.7 Å². The molecule has 0 bridgehead atoms. The number of carboxylic acids is 1. The number of carboxylic acid groups (broad SMARTS) is 1. The summed E-state index contributed by atoms with van der Waals surface area (Å²) >= 11 is 0. The molecule has 7 nitrogen and oxygen atoms in total. The lowest BCUT2D eigenvalue weighted by atomic mass is 9.78. The molecule has 0 saturated carbocycles. The average Bonchev–Trinajstić information content (AvgIpc) is 3.00. The first kappa shape index (κ1) is 23.0. The number of hydrogen-bond donors (Lipinski definition) is 2. The van der Waals surface area contributed by atoms with E-state index in [4.69, 9.17) is 9.31 Å². The highest BCUT2D eigenvalue weighted by molar-refractivity contribution is 6.62. The van der Waals surface area contributed by atoms with Gasteiger partial charge in [0.15, 0.2) is 0 Å². The number of nitrogens with zero attached hydrogens (tertiary/aromatic N) is 1. The second-order valence-electron chi connectivity index (χ2n) is 9.29. The van der Waals surface area contributed by atoms with Gasteiger partial charge in [0.2, 0.25) is 0 Å². The molecular weight excluding hydrogens is 419 g/mol. The number of benzene rings is 2. The van der Waals surface area contributed by atoms with Crippen molar-refractivity contribution in [3.8, 4) is 0 Å². The average molecular weight is 446 g/mol. The molecule has 1 atom stereocenters. The van der Waals surface area contributed by atoms with Gasteiger partial charge in [-0.2, -0.15) is 0 Å². The summed E-state index contributed by atoms with van der Waals surface area (Å²) in [5, 5.41) is 13.2. The molecule has 3 aromatic rings. The Kier molecular flexibility index (Phi) is 5.99. The van der Waals surface area contributed by atoms with Gasteiger partial charge in [-0.05, 0) is 50.9 Å². The molecular formula is C25H27BN2O5. The summed E-state index contributed by atoms with van der Waals surface area (Å²) in [5.74, 6) is -1.64. The Morgan fingerprint density at radius 2 is 1.61 bits per heavy atom. The van der Waals surface area contributed by atoms with Gasteiger partial charge in [-0.15, -0.1) is 0 Å². The molecule has 1 aliphatic heterocycles. The number of fused-ring (bicyclic) bond motifs is 1. The minimum Gasteiger partial charge on any atom is -0.480 e. The van der Waals surface area contributed by atoms with E-state index >= 15 is 0 Å². The first-order valence-electron chi connectivity index (χ1n) is 10.9. The third kappa shape index (κ3) is 4.77. The van der Waals surface area contributed by atoms with E-state index in [0.717, 1.165) is 16.4 Å². The molecule has 0 spiro atoms. The third-order valence-electron chi connectivity index (χ3n) is 6.38. The maximum atomic E-state index is 12.7. The third-order valence-corrected chi connectivity index (χ3v) is 6.38. The van der Waals surface area contributed by atoms with Crippen molar-refractivity contribution >= 4 is 35.4 Å². The van der Waals surface area contributed by atoms with Gasteiger partial charge in [0.25, 0.3) is 5.91 Å². The van der Waals surface area contributed by atoms with Crippen LogP contribution in [-0.2, 0) is 20.5 Å². The maximum Gasteiger partial charge on any atom is 0.494 e. The molecule has 4 rings (SSSR count). The van der Waals surface area contributed by atoms with Crippen LogP contribution < -0.4 is 10.8 Å². The number of pyridine rings is 1. The highest BCUT2D eigenvalue weighted by Gasteiger charge is 2.51. The van der Waals surface area contributed by atoms with Gasteiger partial charge in [0.1, 0.15) is 11.7 Å². The van der Waals surface area contributed by atoms with Gasteiger partial charge >= 0.3 is 13.1 Å². The largest absolute Gasteiger partial charge is 0.494 e. The van der Waals surface area contributed by atoms with E-state index in [0.29, 0.717) is 5.52 Å². The molecule has 2 heterocycles. The van der Waals surface area contributed by atoms with E-state index in [1.54, 1.807) is 12.1 Å². The van der Waals surface area contributed by atoms with E-state index in [-0.39, 0.29) is 12.1 Å². The lowest BCUT2D eigenvalue weighted by Crippen LogP contribution is -2.42. The minimum atomic E-state index is -1.11. The second-order valence-corrected chi connectivity index (χ2v) is 9.29. The van der Waals surface area contributed by atoms with Crippen molar-refractivity contribution in [1.82, 2.24) is 10.3 Å². The van der Waals surface area contributed by atoms with Crippen LogP contribution in [0.5, 0.6) is 0 Å². The molecule has 1 aliphatic rings. The van der Waals surface area contributed by atoms with Crippen molar-refractivity contribution in [2.45, 2.75) is 51.4 Å². The normalized spacial score (nSPS) is 17.6. The Morgan fingerprint density at radius 3 is 2.24 bits per heavy atom. The number of nitrogens with one attached hydrogen (secondary N) is 1. The minimum absolute atomic E-state index is 0.137. The molecule has 1 amide bonds. The summed E-state index contributed by atoms with van der Waals surface area (Å²) in [6, 6.07) is 17.1. The lowest BCUT2D eigenvalue weighted by Gasteiger charge is -2.32. The van der Waals surface area contributed by atoms with E-state index < -0.39 is 36.2 Å². The molecule has 1 fully saturated rings. The molecule has 1 aromatic heterocycles. The van der Waals surface area contributed by atoms with E-state index in [2.05, 4.69) is 10.3 Å². The number of rotatable bonds is 6. The van der Waals surface area contributed by atoms with Gasteiger partial charge in [0.05, 0.1) is 16.7 Å². The van der Waals surface area contributed by atoms with Crippen molar-refractivity contribution in [2.75, 3.05) is 0 Å². The van der Waals surface area contributed by atoms with Gasteiger partial charge in [0, 0.05) is 11.8 Å². The van der Waals surface area contributed by atoms with Crippen molar-refractivity contribution in [3.63, 3.8) is 0 Å². The fourth-order valence-corrected chi connectivity index (χ4v) is 3.65. The Balaban J connectivity index is 1.44. The Bertz CT molecular complexity index is 1180. The van der Waals surface area contributed by atoms with Crippen LogP contribution in [0.25, 0.3) is 10.9 Å². The monoisotopic (exact) mass is 446 g/mol. The summed E-state index contributed by atoms with van der Waals surface area (Å²) in [4.78, 5) is 28.8. The molecule has 2 aromatic carbocycles. The van der Waals surface area contributed by atoms with Crippen molar-refractivity contribution in [1.29, 1.82) is 0 Å². The van der Waals surface area contributed by atoms with Crippen molar-refractivity contribution in [3.05, 3.63) is 71.9 Å². The highest BCUT2D eigenvalue weighted by Crippen LogP contribution is 2.36. The number of amides is 1. The first-order chi connectivity index (χ1) is 15.6. The number of hydrogen-bond acceptors (Lipinski definition) is 5. The van der Waals surface area contributed by atoms with Crippen LogP contribution in [0.15, 0.2) is 60.7 Å². The number of para-hydroxylation sites is 1. The Hall–Kier alpha value is -3.23. The fraction of sp³-hybridized carbons (Fsp3) is 0.320. The molecule has 0 radical (unpaired) electrons. The second kappa shape index (κ2) is 8.61. The number of aromatic nitrogens is 1.